The van der Waals surface area contributed by atoms with Crippen LogP contribution in [0.4, 0.5) is 0 Å². The lowest BCUT2D eigenvalue weighted by Gasteiger charge is -2.04. The quantitative estimate of drug-likeness (QED) is 0.205. The van der Waals surface area contributed by atoms with Gasteiger partial charge in [0, 0.05) is 12.0 Å². The van der Waals surface area contributed by atoms with Crippen LogP contribution in [-0.2, 0) is 0 Å². The van der Waals surface area contributed by atoms with E-state index in [9.17, 15) is 4.79 Å². The summed E-state index contributed by atoms with van der Waals surface area (Å²) in [7, 11) is 0. The second kappa shape index (κ2) is 8.14. The van der Waals surface area contributed by atoms with Crippen LogP contribution in [0, 0.1) is 0 Å². The number of Topliss-reactive ketones (excluding diaryl/α,β-unsaturated/α-hetero) is 1. The highest BCUT2D eigenvalue weighted by Gasteiger charge is 2.12. The summed E-state index contributed by atoms with van der Waals surface area (Å²) in [4.78, 5) is 21.0. The van der Waals surface area contributed by atoms with E-state index in [1.54, 1.807) is 24.3 Å². The van der Waals surface area contributed by atoms with E-state index >= 15 is 0 Å². The first kappa shape index (κ1) is 17.4. The summed E-state index contributed by atoms with van der Waals surface area (Å²) >= 11 is 1.64. The first-order valence-corrected chi connectivity index (χ1v) is 9.77. The number of hydrogen-bond donors (Lipinski definition) is 0. The highest BCUT2D eigenvalue weighted by molar-refractivity contribution is 7.99. The summed E-state index contributed by atoms with van der Waals surface area (Å²) in [5, 5.41) is 6.30. The first-order chi connectivity index (χ1) is 13.3. The van der Waals surface area contributed by atoms with Crippen LogP contribution in [0.1, 0.15) is 23.2 Å². The number of nitrogens with zero attached hydrogens (tertiary/aromatic N) is 4. The van der Waals surface area contributed by atoms with Gasteiger partial charge in [0.2, 0.25) is 0 Å². The van der Waals surface area contributed by atoms with Gasteiger partial charge in [-0.25, -0.2) is 14.6 Å². The molecular formula is C21H18N4OS. The largest absolute Gasteiger partial charge is 0.294 e. The second-order valence-electron chi connectivity index (χ2n) is 6.05. The zero-order chi connectivity index (χ0) is 18.5. The Hall–Kier alpha value is -2.99. The molecule has 0 radical (unpaired) electrons. The zero-order valence-corrected chi connectivity index (χ0v) is 15.5. The Balaban J connectivity index is 1.43. The van der Waals surface area contributed by atoms with Crippen molar-refractivity contribution in [1.82, 2.24) is 19.7 Å². The number of para-hydroxylation sites is 1. The Kier molecular flexibility index (Phi) is 5.25. The summed E-state index contributed by atoms with van der Waals surface area (Å²) in [6.45, 7) is 0. The van der Waals surface area contributed by atoms with Gasteiger partial charge < -0.3 is 0 Å². The molecule has 0 aliphatic carbocycles. The summed E-state index contributed by atoms with van der Waals surface area (Å²) in [5.41, 5.74) is 2.53. The molecule has 4 rings (SSSR count). The number of benzene rings is 2. The lowest BCUT2D eigenvalue weighted by molar-refractivity contribution is 0.0982. The molecule has 5 nitrogen and oxygen atoms in total. The smallest absolute Gasteiger partial charge is 0.167 e. The molecular weight excluding hydrogens is 356 g/mol. The van der Waals surface area contributed by atoms with Crippen LogP contribution < -0.4 is 0 Å². The van der Waals surface area contributed by atoms with Crippen LogP contribution in [0.3, 0.4) is 0 Å². The molecule has 134 valence electrons. The van der Waals surface area contributed by atoms with Crippen LogP contribution in [0.2, 0.25) is 0 Å². The van der Waals surface area contributed by atoms with Crippen molar-refractivity contribution in [2.75, 3.05) is 5.75 Å². The second-order valence-corrected chi connectivity index (χ2v) is 7.13. The summed E-state index contributed by atoms with van der Waals surface area (Å²) < 4.78 is 1.82. The van der Waals surface area contributed by atoms with Crippen molar-refractivity contribution in [3.63, 3.8) is 0 Å². The molecule has 0 saturated carbocycles. The van der Waals surface area contributed by atoms with Gasteiger partial charge in [-0.2, -0.15) is 5.10 Å². The van der Waals surface area contributed by atoms with Crippen LogP contribution in [-0.4, -0.2) is 31.3 Å². The number of fused-ring (bicyclic) bond motifs is 1. The fourth-order valence-corrected chi connectivity index (χ4v) is 3.77. The number of hydrogen-bond acceptors (Lipinski definition) is 5. The predicted octanol–water partition coefficient (Wildman–Crippen LogP) is 4.57. The molecule has 0 N–H and O–H groups in total. The van der Waals surface area contributed by atoms with Crippen molar-refractivity contribution >= 4 is 28.6 Å². The summed E-state index contributed by atoms with van der Waals surface area (Å²) in [6.07, 6.45) is 4.71. The minimum Gasteiger partial charge on any atom is -0.294 e. The monoisotopic (exact) mass is 374 g/mol. The van der Waals surface area contributed by atoms with Gasteiger partial charge in [-0.15, -0.1) is 11.8 Å². The molecule has 0 fully saturated rings. The molecule has 0 amide bonds. The van der Waals surface area contributed by atoms with Gasteiger partial charge in [-0.05, 0) is 24.3 Å². The molecule has 0 spiro atoms. The number of rotatable bonds is 7. The average Bonchev–Trinajstić information content (AvgIpc) is 3.17. The molecule has 2 aromatic heterocycles. The number of thioether (sulfide) groups is 1. The molecule has 2 aromatic carbocycles. The Bertz CT molecular complexity index is 1050. The summed E-state index contributed by atoms with van der Waals surface area (Å²) in [6, 6.07) is 19.3. The maximum Gasteiger partial charge on any atom is 0.167 e. The predicted molar refractivity (Wildman–Crippen MR) is 107 cm³/mol. The van der Waals surface area contributed by atoms with E-state index in [4.69, 9.17) is 0 Å². The lowest BCUT2D eigenvalue weighted by Crippen LogP contribution is -1.99. The highest BCUT2D eigenvalue weighted by Crippen LogP contribution is 2.26. The summed E-state index contributed by atoms with van der Waals surface area (Å²) in [5.74, 6) is 1.00. The molecule has 0 bridgehead atoms. The van der Waals surface area contributed by atoms with Crippen molar-refractivity contribution in [3.8, 4) is 5.69 Å². The molecule has 27 heavy (non-hydrogen) atoms. The third-order valence-electron chi connectivity index (χ3n) is 4.21. The first-order valence-electron chi connectivity index (χ1n) is 8.78. The number of carbonyl (C=O) groups is 1. The number of aromatic nitrogens is 4. The Morgan fingerprint density at radius 3 is 2.48 bits per heavy atom. The minimum absolute atomic E-state index is 0.181. The van der Waals surface area contributed by atoms with E-state index in [1.807, 2.05) is 65.3 Å². The van der Waals surface area contributed by atoms with Gasteiger partial charge in [-0.3, -0.25) is 4.79 Å². The normalized spacial score (nSPS) is 11.0. The van der Waals surface area contributed by atoms with Crippen LogP contribution in [0.15, 0.2) is 78.2 Å². The molecule has 2 heterocycles. The lowest BCUT2D eigenvalue weighted by atomic mass is 10.1. The molecule has 0 unspecified atom stereocenters. The van der Waals surface area contributed by atoms with Crippen molar-refractivity contribution in [3.05, 3.63) is 78.8 Å². The topological polar surface area (TPSA) is 60.7 Å². The average molecular weight is 374 g/mol. The van der Waals surface area contributed by atoms with E-state index in [0.29, 0.717) is 6.42 Å². The maximum atomic E-state index is 12.2. The van der Waals surface area contributed by atoms with Gasteiger partial charge in [0.05, 0.1) is 17.3 Å². The zero-order valence-electron chi connectivity index (χ0n) is 14.7. The van der Waals surface area contributed by atoms with Gasteiger partial charge in [0.25, 0.3) is 0 Å². The van der Waals surface area contributed by atoms with Crippen LogP contribution in [0.5, 0.6) is 0 Å². The molecule has 0 aliphatic rings. The van der Waals surface area contributed by atoms with Crippen molar-refractivity contribution in [2.24, 2.45) is 0 Å². The Morgan fingerprint density at radius 2 is 1.70 bits per heavy atom. The SMILES string of the molecule is O=C(CCCSc1ncnc2c1cnn2-c1ccccc1)c1ccccc1. The number of ketones is 1. The Labute approximate surface area is 161 Å². The standard InChI is InChI=1S/C21H18N4OS/c26-19(16-8-3-1-4-9-16)12-7-13-27-21-18-14-24-25(20(18)22-15-23-21)17-10-5-2-6-11-17/h1-6,8-11,14-15H,7,12-13H2. The van der Waals surface area contributed by atoms with Gasteiger partial charge >= 0.3 is 0 Å². The molecule has 6 heteroatoms. The third kappa shape index (κ3) is 3.90. The van der Waals surface area contributed by atoms with Gasteiger partial charge in [0.1, 0.15) is 11.4 Å². The molecule has 0 aliphatic heterocycles. The van der Waals surface area contributed by atoms with Gasteiger partial charge in [0.15, 0.2) is 11.4 Å². The maximum absolute atomic E-state index is 12.2. The van der Waals surface area contributed by atoms with Crippen LogP contribution in [0.25, 0.3) is 16.7 Å². The van der Waals surface area contributed by atoms with E-state index in [2.05, 4.69) is 15.1 Å². The fourth-order valence-electron chi connectivity index (χ4n) is 2.87. The van der Waals surface area contributed by atoms with E-state index in [0.717, 1.165) is 39.5 Å². The number of carbonyl (C=O) groups excluding carboxylic acids is 1. The third-order valence-corrected chi connectivity index (χ3v) is 5.30. The van der Waals surface area contributed by atoms with E-state index in [-0.39, 0.29) is 5.78 Å². The van der Waals surface area contributed by atoms with Gasteiger partial charge in [-0.1, -0.05) is 48.5 Å². The molecule has 0 atom stereocenters. The van der Waals surface area contributed by atoms with Crippen molar-refractivity contribution in [2.45, 2.75) is 17.9 Å². The van der Waals surface area contributed by atoms with Crippen molar-refractivity contribution in [1.29, 1.82) is 0 Å². The van der Waals surface area contributed by atoms with Crippen LogP contribution >= 0.6 is 11.8 Å². The van der Waals surface area contributed by atoms with Crippen molar-refractivity contribution < 1.29 is 4.79 Å². The van der Waals surface area contributed by atoms with E-state index in [1.165, 1.54) is 0 Å². The Morgan fingerprint density at radius 1 is 0.963 bits per heavy atom. The molecule has 0 saturated heterocycles. The fraction of sp³-hybridized carbons (Fsp3) is 0.143. The minimum atomic E-state index is 0.181. The highest BCUT2D eigenvalue weighted by atomic mass is 32.2. The molecule has 4 aromatic rings. The van der Waals surface area contributed by atoms with E-state index < -0.39 is 0 Å².